The number of hydrogen-bond donors (Lipinski definition) is 0. The van der Waals surface area contributed by atoms with Gasteiger partial charge in [0.05, 0.1) is 11.0 Å². The number of aromatic nitrogens is 3. The standard InChI is InChI=1S/C22H22N3/c1-15-11-12-19-21(14-15)25(4)22(23-19)18-9-7-8-17(16(18)2)20-10-5-6-13-24(20)3/h5-14H,1-4H3/q+1. The average molecular weight is 328 g/mol. The largest absolute Gasteiger partial charge is 0.327 e. The highest BCUT2D eigenvalue weighted by molar-refractivity contribution is 5.83. The number of hydrogen-bond acceptors (Lipinski definition) is 1. The predicted molar refractivity (Wildman–Crippen MR) is 102 cm³/mol. The van der Waals surface area contributed by atoms with Crippen molar-refractivity contribution in [2.75, 3.05) is 0 Å². The van der Waals surface area contributed by atoms with Crippen LogP contribution >= 0.6 is 0 Å². The molecule has 2 aromatic heterocycles. The quantitative estimate of drug-likeness (QED) is 0.501. The molecule has 0 aliphatic rings. The normalized spacial score (nSPS) is 11.2. The summed E-state index contributed by atoms with van der Waals surface area (Å²) in [6.45, 7) is 4.30. The van der Waals surface area contributed by atoms with Crippen LogP contribution in [0.3, 0.4) is 0 Å². The fourth-order valence-corrected chi connectivity index (χ4v) is 3.50. The van der Waals surface area contributed by atoms with E-state index < -0.39 is 0 Å². The lowest BCUT2D eigenvalue weighted by molar-refractivity contribution is -0.660. The maximum absolute atomic E-state index is 4.90. The van der Waals surface area contributed by atoms with Crippen LogP contribution in [0, 0.1) is 13.8 Å². The second-order valence-electron chi connectivity index (χ2n) is 6.66. The molecule has 2 heterocycles. The fraction of sp³-hybridized carbons (Fsp3) is 0.182. The van der Waals surface area contributed by atoms with Gasteiger partial charge in [0.25, 0.3) is 0 Å². The first-order valence-electron chi connectivity index (χ1n) is 8.54. The number of rotatable bonds is 2. The summed E-state index contributed by atoms with van der Waals surface area (Å²) >= 11 is 0. The van der Waals surface area contributed by atoms with Gasteiger partial charge < -0.3 is 4.57 Å². The molecule has 4 rings (SSSR count). The molecule has 2 aromatic carbocycles. The minimum atomic E-state index is 1.01. The molecule has 0 saturated heterocycles. The maximum atomic E-state index is 4.90. The summed E-state index contributed by atoms with van der Waals surface area (Å²) in [5.41, 5.74) is 8.34. The van der Waals surface area contributed by atoms with Crippen molar-refractivity contribution < 1.29 is 4.57 Å². The summed E-state index contributed by atoms with van der Waals surface area (Å²) in [6.07, 6.45) is 2.08. The van der Waals surface area contributed by atoms with E-state index in [1.165, 1.54) is 33.5 Å². The summed E-state index contributed by atoms with van der Waals surface area (Å²) in [7, 11) is 4.18. The van der Waals surface area contributed by atoms with Gasteiger partial charge in [-0.05, 0) is 49.2 Å². The number of nitrogens with zero attached hydrogens (tertiary/aromatic N) is 3. The molecule has 25 heavy (non-hydrogen) atoms. The number of aryl methyl sites for hydroxylation is 3. The van der Waals surface area contributed by atoms with Gasteiger partial charge in [-0.3, -0.25) is 0 Å². The third kappa shape index (κ3) is 2.52. The molecule has 0 radical (unpaired) electrons. The highest BCUT2D eigenvalue weighted by atomic mass is 15.1. The Morgan fingerprint density at radius 2 is 1.72 bits per heavy atom. The summed E-state index contributed by atoms with van der Waals surface area (Å²) in [6, 6.07) is 19.2. The Morgan fingerprint density at radius 1 is 0.920 bits per heavy atom. The van der Waals surface area contributed by atoms with Crippen molar-refractivity contribution in [1.29, 1.82) is 0 Å². The molecule has 0 fully saturated rings. The Morgan fingerprint density at radius 3 is 2.52 bits per heavy atom. The van der Waals surface area contributed by atoms with E-state index in [9.17, 15) is 0 Å². The molecule has 0 amide bonds. The lowest BCUT2D eigenvalue weighted by atomic mass is 9.99. The summed E-state index contributed by atoms with van der Waals surface area (Å²) in [5, 5.41) is 0. The smallest absolute Gasteiger partial charge is 0.212 e. The van der Waals surface area contributed by atoms with Gasteiger partial charge in [0, 0.05) is 30.3 Å². The molecule has 0 N–H and O–H groups in total. The number of fused-ring (bicyclic) bond motifs is 1. The molecule has 0 atom stereocenters. The monoisotopic (exact) mass is 328 g/mol. The van der Waals surface area contributed by atoms with Crippen molar-refractivity contribution in [1.82, 2.24) is 9.55 Å². The second kappa shape index (κ2) is 5.85. The lowest BCUT2D eigenvalue weighted by Gasteiger charge is -2.10. The van der Waals surface area contributed by atoms with Crippen LogP contribution in [0.2, 0.25) is 0 Å². The SMILES string of the molecule is Cc1ccc2nc(-c3cccc(-c4cccc[n+]4C)c3C)n(C)c2c1. The van der Waals surface area contributed by atoms with E-state index >= 15 is 0 Å². The zero-order chi connectivity index (χ0) is 17.6. The second-order valence-corrected chi connectivity index (χ2v) is 6.66. The molecule has 3 nitrogen and oxygen atoms in total. The molecule has 0 aliphatic carbocycles. The molecule has 0 bridgehead atoms. The molecule has 4 aromatic rings. The maximum Gasteiger partial charge on any atom is 0.212 e. The van der Waals surface area contributed by atoms with Gasteiger partial charge in [-0.25, -0.2) is 9.55 Å². The topological polar surface area (TPSA) is 21.7 Å². The molecule has 0 spiro atoms. The number of imidazole rings is 1. The van der Waals surface area contributed by atoms with Gasteiger partial charge in [0.1, 0.15) is 12.9 Å². The van der Waals surface area contributed by atoms with E-state index in [0.717, 1.165) is 11.3 Å². The Bertz CT molecular complexity index is 1090. The first kappa shape index (κ1) is 15.6. The van der Waals surface area contributed by atoms with E-state index in [1.54, 1.807) is 0 Å². The van der Waals surface area contributed by atoms with Crippen LogP contribution in [-0.2, 0) is 14.1 Å². The molecule has 124 valence electrons. The number of benzene rings is 2. The summed E-state index contributed by atoms with van der Waals surface area (Å²) < 4.78 is 4.35. The minimum absolute atomic E-state index is 1.01. The van der Waals surface area contributed by atoms with Gasteiger partial charge in [0.15, 0.2) is 6.20 Å². The fourth-order valence-electron chi connectivity index (χ4n) is 3.50. The van der Waals surface area contributed by atoms with Crippen LogP contribution in [0.5, 0.6) is 0 Å². The van der Waals surface area contributed by atoms with Crippen molar-refractivity contribution in [3.05, 3.63) is 71.9 Å². The Labute approximate surface area is 148 Å². The molecular weight excluding hydrogens is 306 g/mol. The highest BCUT2D eigenvalue weighted by Gasteiger charge is 2.17. The number of pyridine rings is 1. The Kier molecular flexibility index (Phi) is 3.65. The molecule has 0 unspecified atom stereocenters. The van der Waals surface area contributed by atoms with E-state index in [-0.39, 0.29) is 0 Å². The first-order chi connectivity index (χ1) is 12.1. The lowest BCUT2D eigenvalue weighted by Crippen LogP contribution is -2.30. The van der Waals surface area contributed by atoms with Crippen LogP contribution < -0.4 is 4.57 Å². The zero-order valence-electron chi connectivity index (χ0n) is 15.1. The summed E-state index contributed by atoms with van der Waals surface area (Å²) in [4.78, 5) is 4.90. The Balaban J connectivity index is 1.95. The molecule has 0 aliphatic heterocycles. The molecular formula is C22H22N3+. The van der Waals surface area contributed by atoms with Crippen LogP contribution in [0.15, 0.2) is 60.8 Å². The third-order valence-electron chi connectivity index (χ3n) is 4.94. The highest BCUT2D eigenvalue weighted by Crippen LogP contribution is 2.31. The summed E-state index contributed by atoms with van der Waals surface area (Å²) in [5.74, 6) is 1.01. The molecule has 3 heteroatoms. The van der Waals surface area contributed by atoms with Crippen molar-refractivity contribution >= 4 is 11.0 Å². The van der Waals surface area contributed by atoms with E-state index in [1.807, 2.05) is 0 Å². The first-order valence-corrected chi connectivity index (χ1v) is 8.54. The van der Waals surface area contributed by atoms with Gasteiger partial charge in [0.2, 0.25) is 5.69 Å². The van der Waals surface area contributed by atoms with Gasteiger partial charge in [-0.15, -0.1) is 0 Å². The third-order valence-corrected chi connectivity index (χ3v) is 4.94. The van der Waals surface area contributed by atoms with Gasteiger partial charge >= 0.3 is 0 Å². The van der Waals surface area contributed by atoms with Crippen molar-refractivity contribution in [3.8, 4) is 22.6 Å². The van der Waals surface area contributed by atoms with Gasteiger partial charge in [-0.1, -0.05) is 18.2 Å². The average Bonchev–Trinajstić information content (AvgIpc) is 2.92. The predicted octanol–water partition coefficient (Wildman–Crippen LogP) is 4.35. The minimum Gasteiger partial charge on any atom is -0.327 e. The van der Waals surface area contributed by atoms with Crippen LogP contribution in [0.1, 0.15) is 11.1 Å². The van der Waals surface area contributed by atoms with Crippen molar-refractivity contribution in [3.63, 3.8) is 0 Å². The van der Waals surface area contributed by atoms with Crippen molar-refractivity contribution in [2.45, 2.75) is 13.8 Å². The van der Waals surface area contributed by atoms with E-state index in [4.69, 9.17) is 4.98 Å². The van der Waals surface area contributed by atoms with Crippen LogP contribution in [-0.4, -0.2) is 9.55 Å². The zero-order valence-corrected chi connectivity index (χ0v) is 15.1. The molecule has 0 saturated carbocycles. The van der Waals surface area contributed by atoms with E-state index in [2.05, 4.69) is 97.9 Å². The van der Waals surface area contributed by atoms with E-state index in [0.29, 0.717) is 0 Å². The van der Waals surface area contributed by atoms with Crippen LogP contribution in [0.4, 0.5) is 0 Å². The Hall–Kier alpha value is -2.94. The van der Waals surface area contributed by atoms with Crippen LogP contribution in [0.25, 0.3) is 33.7 Å². The van der Waals surface area contributed by atoms with Crippen molar-refractivity contribution in [2.24, 2.45) is 14.1 Å². The van der Waals surface area contributed by atoms with Gasteiger partial charge in [-0.2, -0.15) is 0 Å².